The maximum Gasteiger partial charge on any atom is 0.287 e. The molecule has 1 atom stereocenters. The highest BCUT2D eigenvalue weighted by Gasteiger charge is 2.24. The monoisotopic (exact) mass is 278 g/mol. The fourth-order valence-electron chi connectivity index (χ4n) is 2.82. The van der Waals surface area contributed by atoms with Crippen LogP contribution in [-0.2, 0) is 4.79 Å². The average Bonchev–Trinajstić information content (AvgIpc) is 2.84. The Morgan fingerprint density at radius 1 is 1.30 bits per heavy atom. The summed E-state index contributed by atoms with van der Waals surface area (Å²) in [6, 6.07) is 2.59. The predicted octanol–water partition coefficient (Wildman–Crippen LogP) is 2.22. The fourth-order valence-corrected chi connectivity index (χ4v) is 2.82. The maximum absolute atomic E-state index is 11.9. The number of hydrogen-bond acceptors (Lipinski definition) is 3. The van der Waals surface area contributed by atoms with Crippen molar-refractivity contribution < 1.29 is 14.0 Å². The van der Waals surface area contributed by atoms with Gasteiger partial charge in [-0.15, -0.1) is 0 Å². The molecule has 3 N–H and O–H groups in total. The van der Waals surface area contributed by atoms with Gasteiger partial charge in [-0.3, -0.25) is 9.59 Å². The van der Waals surface area contributed by atoms with Crippen LogP contribution in [0.4, 0.5) is 0 Å². The Morgan fingerprint density at radius 2 is 2.00 bits per heavy atom. The van der Waals surface area contributed by atoms with Crippen LogP contribution < -0.4 is 11.1 Å². The minimum absolute atomic E-state index is 0.206. The molecule has 0 bridgehead atoms. The minimum atomic E-state index is -0.615. The second-order valence-corrected chi connectivity index (χ2v) is 5.50. The van der Waals surface area contributed by atoms with E-state index in [-0.39, 0.29) is 11.7 Å². The molecule has 0 spiro atoms. The smallest absolute Gasteiger partial charge is 0.287 e. The van der Waals surface area contributed by atoms with E-state index >= 15 is 0 Å². The molecule has 0 aromatic carbocycles. The van der Waals surface area contributed by atoms with Crippen LogP contribution in [0.2, 0.25) is 0 Å². The molecule has 5 nitrogen and oxygen atoms in total. The van der Waals surface area contributed by atoms with Gasteiger partial charge in [0.25, 0.3) is 5.91 Å². The number of carbonyl (C=O) groups is 2. The lowest BCUT2D eigenvalue weighted by Gasteiger charge is -2.20. The predicted molar refractivity (Wildman–Crippen MR) is 75.0 cm³/mol. The van der Waals surface area contributed by atoms with Crippen molar-refractivity contribution in [3.63, 3.8) is 0 Å². The van der Waals surface area contributed by atoms with Gasteiger partial charge in [-0.25, -0.2) is 0 Å². The van der Waals surface area contributed by atoms with E-state index in [2.05, 4.69) is 5.32 Å². The highest BCUT2D eigenvalue weighted by Crippen LogP contribution is 2.26. The van der Waals surface area contributed by atoms with Crippen LogP contribution in [0.15, 0.2) is 22.8 Å². The molecule has 0 saturated heterocycles. The molecule has 1 fully saturated rings. The highest BCUT2D eigenvalue weighted by atomic mass is 16.3. The number of nitrogens with one attached hydrogen (secondary N) is 1. The van der Waals surface area contributed by atoms with Gasteiger partial charge in [-0.1, -0.05) is 38.5 Å². The zero-order valence-corrected chi connectivity index (χ0v) is 11.6. The van der Waals surface area contributed by atoms with Crippen LogP contribution >= 0.6 is 0 Å². The summed E-state index contributed by atoms with van der Waals surface area (Å²) in [6.07, 6.45) is 9.19. The summed E-state index contributed by atoms with van der Waals surface area (Å²) < 4.78 is 5.02. The van der Waals surface area contributed by atoms with Crippen LogP contribution in [0.1, 0.15) is 55.5 Å². The lowest BCUT2D eigenvalue weighted by molar-refractivity contribution is -0.120. The van der Waals surface area contributed by atoms with Gasteiger partial charge >= 0.3 is 0 Å². The molecule has 0 radical (unpaired) electrons. The molecule has 110 valence electrons. The number of furan rings is 1. The second kappa shape index (κ2) is 7.12. The molecule has 20 heavy (non-hydrogen) atoms. The first kappa shape index (κ1) is 14.6. The van der Waals surface area contributed by atoms with Crippen molar-refractivity contribution in [1.82, 2.24) is 5.32 Å². The molecule has 1 heterocycles. The standard InChI is InChI=1S/C15H22N2O3/c16-14(18)12(10-11-6-3-1-2-4-7-11)17-15(19)13-8-5-9-20-13/h5,8-9,11-12H,1-4,6-7,10H2,(H2,16,18)(H,17,19)/t12-/m1/s1. The van der Waals surface area contributed by atoms with E-state index in [1.165, 1.54) is 31.9 Å². The molecular formula is C15H22N2O3. The van der Waals surface area contributed by atoms with E-state index in [4.69, 9.17) is 10.2 Å². The number of rotatable bonds is 5. The van der Waals surface area contributed by atoms with Crippen molar-refractivity contribution >= 4 is 11.8 Å². The van der Waals surface area contributed by atoms with Gasteiger partial charge in [0.1, 0.15) is 6.04 Å². The van der Waals surface area contributed by atoms with E-state index in [9.17, 15) is 9.59 Å². The summed E-state index contributed by atoms with van der Waals surface area (Å²) >= 11 is 0. The van der Waals surface area contributed by atoms with Gasteiger partial charge in [0.15, 0.2) is 5.76 Å². The van der Waals surface area contributed by atoms with Crippen molar-refractivity contribution in [1.29, 1.82) is 0 Å². The van der Waals surface area contributed by atoms with Crippen LogP contribution in [-0.4, -0.2) is 17.9 Å². The Kier molecular flexibility index (Phi) is 5.21. The number of primary amides is 1. The summed E-state index contributed by atoms with van der Waals surface area (Å²) in [7, 11) is 0. The lowest BCUT2D eigenvalue weighted by atomic mass is 9.92. The van der Waals surface area contributed by atoms with Crippen LogP contribution in [0.5, 0.6) is 0 Å². The number of carbonyl (C=O) groups excluding carboxylic acids is 2. The number of hydrogen-bond donors (Lipinski definition) is 2. The summed E-state index contributed by atoms with van der Waals surface area (Å²) in [4.78, 5) is 23.5. The van der Waals surface area contributed by atoms with Crippen molar-refractivity contribution in [3.8, 4) is 0 Å². The first-order chi connectivity index (χ1) is 9.66. The Balaban J connectivity index is 1.92. The van der Waals surface area contributed by atoms with E-state index < -0.39 is 11.9 Å². The summed E-state index contributed by atoms with van der Waals surface area (Å²) in [5.41, 5.74) is 5.41. The van der Waals surface area contributed by atoms with Gasteiger partial charge in [-0.2, -0.15) is 0 Å². The normalized spacial score (nSPS) is 18.2. The van der Waals surface area contributed by atoms with Gasteiger partial charge in [0.05, 0.1) is 6.26 Å². The van der Waals surface area contributed by atoms with Crippen molar-refractivity contribution in [2.24, 2.45) is 11.7 Å². The van der Waals surface area contributed by atoms with Crippen LogP contribution in [0, 0.1) is 5.92 Å². The van der Waals surface area contributed by atoms with E-state index in [0.717, 1.165) is 12.8 Å². The Bertz CT molecular complexity index is 434. The third kappa shape index (κ3) is 4.11. The largest absolute Gasteiger partial charge is 0.459 e. The number of nitrogens with two attached hydrogens (primary N) is 1. The number of amides is 2. The molecule has 1 aliphatic rings. The highest BCUT2D eigenvalue weighted by molar-refractivity contribution is 5.95. The molecule has 2 rings (SSSR count). The average molecular weight is 278 g/mol. The first-order valence-electron chi connectivity index (χ1n) is 7.30. The molecule has 1 aromatic rings. The second-order valence-electron chi connectivity index (χ2n) is 5.50. The van der Waals surface area contributed by atoms with Gasteiger partial charge in [0, 0.05) is 0 Å². The molecule has 1 aliphatic carbocycles. The Hall–Kier alpha value is -1.78. The first-order valence-corrected chi connectivity index (χ1v) is 7.30. The molecule has 5 heteroatoms. The van der Waals surface area contributed by atoms with E-state index in [1.807, 2.05) is 0 Å². The molecule has 1 aromatic heterocycles. The third-order valence-electron chi connectivity index (χ3n) is 3.94. The lowest BCUT2D eigenvalue weighted by Crippen LogP contribution is -2.45. The van der Waals surface area contributed by atoms with Gasteiger partial charge < -0.3 is 15.5 Å². The molecular weight excluding hydrogens is 256 g/mol. The maximum atomic E-state index is 11.9. The topological polar surface area (TPSA) is 85.3 Å². The summed E-state index contributed by atoms with van der Waals surface area (Å²) in [5.74, 6) is -0.189. The van der Waals surface area contributed by atoms with Gasteiger partial charge in [0.2, 0.25) is 5.91 Å². The van der Waals surface area contributed by atoms with Crippen molar-refractivity contribution in [2.75, 3.05) is 0 Å². The zero-order chi connectivity index (χ0) is 14.4. The molecule has 0 aliphatic heterocycles. The summed E-state index contributed by atoms with van der Waals surface area (Å²) in [6.45, 7) is 0. The van der Waals surface area contributed by atoms with Crippen molar-refractivity contribution in [3.05, 3.63) is 24.2 Å². The van der Waals surface area contributed by atoms with E-state index in [1.54, 1.807) is 12.1 Å². The molecule has 0 unspecified atom stereocenters. The Labute approximate surface area is 118 Å². The molecule has 1 saturated carbocycles. The third-order valence-corrected chi connectivity index (χ3v) is 3.94. The minimum Gasteiger partial charge on any atom is -0.459 e. The van der Waals surface area contributed by atoms with Gasteiger partial charge in [-0.05, 0) is 24.5 Å². The van der Waals surface area contributed by atoms with E-state index in [0.29, 0.717) is 12.3 Å². The van der Waals surface area contributed by atoms with Crippen LogP contribution in [0.3, 0.4) is 0 Å². The summed E-state index contributed by atoms with van der Waals surface area (Å²) in [5, 5.41) is 2.68. The fraction of sp³-hybridized carbons (Fsp3) is 0.600. The zero-order valence-electron chi connectivity index (χ0n) is 11.6. The quantitative estimate of drug-likeness (QED) is 0.810. The van der Waals surface area contributed by atoms with Crippen molar-refractivity contribution in [2.45, 2.75) is 51.0 Å². The van der Waals surface area contributed by atoms with Crippen LogP contribution in [0.25, 0.3) is 0 Å². The molecule has 2 amide bonds. The Morgan fingerprint density at radius 3 is 2.55 bits per heavy atom. The SMILES string of the molecule is NC(=O)[C@@H](CC1CCCCCC1)NC(=O)c1ccco1.